The van der Waals surface area contributed by atoms with Crippen LogP contribution in [0.5, 0.6) is 0 Å². The number of oxazole rings is 1. The van der Waals surface area contributed by atoms with E-state index in [-0.39, 0.29) is 11.5 Å². The zero-order valence-corrected chi connectivity index (χ0v) is 14.9. The molecule has 2 aliphatic heterocycles. The van der Waals surface area contributed by atoms with Gasteiger partial charge < -0.3 is 14.1 Å². The number of hydrogen-bond acceptors (Lipinski definition) is 5. The Labute approximate surface area is 145 Å². The summed E-state index contributed by atoms with van der Waals surface area (Å²) >= 11 is 1.79. The molecule has 4 rings (SSSR count). The minimum absolute atomic E-state index is 0.0447. The van der Waals surface area contributed by atoms with E-state index in [9.17, 15) is 4.79 Å². The summed E-state index contributed by atoms with van der Waals surface area (Å²) in [4.78, 5) is 20.3. The fourth-order valence-corrected chi connectivity index (χ4v) is 4.91. The third-order valence-electron chi connectivity index (χ3n) is 5.11. The Morgan fingerprint density at radius 2 is 2.21 bits per heavy atom. The van der Waals surface area contributed by atoms with E-state index < -0.39 is 0 Å². The molecular weight excluding hydrogens is 324 g/mol. The molecule has 0 atom stereocenters. The number of hydrogen-bond donors (Lipinski definition) is 0. The molecule has 1 saturated heterocycles. The molecule has 0 aliphatic carbocycles. The number of carbonyl (C=O) groups is 1. The second kappa shape index (κ2) is 6.01. The highest BCUT2D eigenvalue weighted by atomic mass is 32.1. The van der Waals surface area contributed by atoms with Crippen molar-refractivity contribution in [3.8, 4) is 0 Å². The SMILES string of the molecule is CCc1nc(C)c(C(=O)N2CCC3(CC2)OCCc2ccsc23)o1. The van der Waals surface area contributed by atoms with E-state index in [0.717, 1.165) is 25.9 Å². The van der Waals surface area contributed by atoms with Gasteiger partial charge >= 0.3 is 0 Å². The zero-order chi connectivity index (χ0) is 16.7. The molecule has 128 valence electrons. The first-order valence-electron chi connectivity index (χ1n) is 8.59. The molecule has 1 amide bonds. The monoisotopic (exact) mass is 346 g/mol. The van der Waals surface area contributed by atoms with Gasteiger partial charge in [0.25, 0.3) is 5.91 Å². The minimum atomic E-state index is -0.191. The van der Waals surface area contributed by atoms with Crippen molar-refractivity contribution in [2.45, 2.75) is 45.1 Å². The molecule has 2 aromatic rings. The van der Waals surface area contributed by atoms with Crippen LogP contribution in [0.15, 0.2) is 15.9 Å². The topological polar surface area (TPSA) is 55.6 Å². The Kier molecular flexibility index (Phi) is 3.96. The lowest BCUT2D eigenvalue weighted by molar-refractivity contribution is -0.0908. The fourth-order valence-electron chi connectivity index (χ4n) is 3.74. The van der Waals surface area contributed by atoms with Gasteiger partial charge in [0, 0.05) is 24.4 Å². The van der Waals surface area contributed by atoms with Crippen LogP contribution < -0.4 is 0 Å². The standard InChI is InChI=1S/C18H22N2O3S/c1-3-14-19-12(2)15(23-14)17(21)20-8-6-18(7-9-20)16-13(4-10-22-18)5-11-24-16/h5,11H,3-4,6-10H2,1-2H3. The van der Waals surface area contributed by atoms with Gasteiger partial charge in [-0.05, 0) is 43.2 Å². The van der Waals surface area contributed by atoms with Crippen molar-refractivity contribution in [1.29, 1.82) is 0 Å². The Hall–Kier alpha value is -1.66. The number of nitrogens with zero attached hydrogens (tertiary/aromatic N) is 2. The summed E-state index contributed by atoms with van der Waals surface area (Å²) in [6, 6.07) is 2.21. The van der Waals surface area contributed by atoms with Gasteiger partial charge in [-0.25, -0.2) is 4.98 Å². The van der Waals surface area contributed by atoms with E-state index in [1.165, 1.54) is 10.4 Å². The van der Waals surface area contributed by atoms with Crippen LogP contribution in [-0.4, -0.2) is 35.5 Å². The van der Waals surface area contributed by atoms with Crippen LogP contribution >= 0.6 is 11.3 Å². The minimum Gasteiger partial charge on any atom is -0.435 e. The van der Waals surface area contributed by atoms with E-state index >= 15 is 0 Å². The lowest BCUT2D eigenvalue weighted by atomic mass is 9.85. The van der Waals surface area contributed by atoms with Crippen LogP contribution in [0.4, 0.5) is 0 Å². The van der Waals surface area contributed by atoms with Gasteiger partial charge in [-0.1, -0.05) is 6.92 Å². The van der Waals surface area contributed by atoms with E-state index in [4.69, 9.17) is 9.15 Å². The molecule has 1 fully saturated rings. The molecule has 1 spiro atoms. The number of aryl methyl sites for hydroxylation is 2. The predicted octanol–water partition coefficient (Wildman–Crippen LogP) is 3.31. The molecule has 2 aliphatic rings. The number of amides is 1. The van der Waals surface area contributed by atoms with Crippen molar-refractivity contribution in [2.24, 2.45) is 0 Å². The highest BCUT2D eigenvalue weighted by molar-refractivity contribution is 7.10. The number of fused-ring (bicyclic) bond motifs is 2. The fraction of sp³-hybridized carbons (Fsp3) is 0.556. The third-order valence-corrected chi connectivity index (χ3v) is 6.25. The summed E-state index contributed by atoms with van der Waals surface area (Å²) in [7, 11) is 0. The molecule has 5 nitrogen and oxygen atoms in total. The summed E-state index contributed by atoms with van der Waals surface area (Å²) in [6.45, 7) is 5.97. The number of piperidine rings is 1. The van der Waals surface area contributed by atoms with Crippen molar-refractivity contribution in [1.82, 2.24) is 9.88 Å². The summed E-state index contributed by atoms with van der Waals surface area (Å²) in [6.07, 6.45) is 3.40. The number of aromatic nitrogens is 1. The number of carbonyl (C=O) groups excluding carboxylic acids is 1. The van der Waals surface area contributed by atoms with Crippen LogP contribution in [0.1, 0.15) is 52.3 Å². The zero-order valence-electron chi connectivity index (χ0n) is 14.1. The third kappa shape index (κ3) is 2.48. The highest BCUT2D eigenvalue weighted by Crippen LogP contribution is 2.44. The molecule has 0 radical (unpaired) electrons. The predicted molar refractivity (Wildman–Crippen MR) is 91.4 cm³/mol. The van der Waals surface area contributed by atoms with Crippen molar-refractivity contribution in [3.05, 3.63) is 39.2 Å². The van der Waals surface area contributed by atoms with Crippen LogP contribution in [-0.2, 0) is 23.2 Å². The van der Waals surface area contributed by atoms with E-state index in [1.54, 1.807) is 11.3 Å². The quantitative estimate of drug-likeness (QED) is 0.837. The van der Waals surface area contributed by atoms with Crippen LogP contribution in [0, 0.1) is 6.92 Å². The van der Waals surface area contributed by atoms with E-state index in [1.807, 2.05) is 18.7 Å². The first-order chi connectivity index (χ1) is 11.6. The summed E-state index contributed by atoms with van der Waals surface area (Å²) in [5, 5.41) is 2.16. The van der Waals surface area contributed by atoms with Gasteiger partial charge in [0.15, 0.2) is 5.89 Å². The van der Waals surface area contributed by atoms with Crippen molar-refractivity contribution >= 4 is 17.2 Å². The largest absolute Gasteiger partial charge is 0.435 e. The lowest BCUT2D eigenvalue weighted by Crippen LogP contribution is -2.47. The summed E-state index contributed by atoms with van der Waals surface area (Å²) < 4.78 is 11.8. The molecular formula is C18H22N2O3S. The molecule has 0 aromatic carbocycles. The van der Waals surface area contributed by atoms with Crippen molar-refractivity contribution in [3.63, 3.8) is 0 Å². The van der Waals surface area contributed by atoms with Crippen molar-refractivity contribution < 1.29 is 13.9 Å². The van der Waals surface area contributed by atoms with Crippen molar-refractivity contribution in [2.75, 3.05) is 19.7 Å². The van der Waals surface area contributed by atoms with Gasteiger partial charge in [0.1, 0.15) is 5.60 Å². The molecule has 0 N–H and O–H groups in total. The maximum Gasteiger partial charge on any atom is 0.291 e. The second-order valence-electron chi connectivity index (χ2n) is 6.54. The van der Waals surface area contributed by atoms with Gasteiger partial charge in [0.05, 0.1) is 12.3 Å². The number of rotatable bonds is 2. The highest BCUT2D eigenvalue weighted by Gasteiger charge is 2.43. The van der Waals surface area contributed by atoms with Gasteiger partial charge in [-0.15, -0.1) is 11.3 Å². The maximum atomic E-state index is 12.8. The lowest BCUT2D eigenvalue weighted by Gasteiger charge is -2.43. The molecule has 0 bridgehead atoms. The molecule has 4 heterocycles. The number of likely N-dealkylation sites (tertiary alicyclic amines) is 1. The maximum absolute atomic E-state index is 12.8. The second-order valence-corrected chi connectivity index (χ2v) is 7.45. The smallest absolute Gasteiger partial charge is 0.291 e. The first kappa shape index (κ1) is 15.8. The number of ether oxygens (including phenoxy) is 1. The Morgan fingerprint density at radius 1 is 1.42 bits per heavy atom. The molecule has 6 heteroatoms. The van der Waals surface area contributed by atoms with Gasteiger partial charge in [0.2, 0.25) is 5.76 Å². The molecule has 0 unspecified atom stereocenters. The van der Waals surface area contributed by atoms with Crippen LogP contribution in [0.2, 0.25) is 0 Å². The molecule has 2 aromatic heterocycles. The van der Waals surface area contributed by atoms with E-state index in [0.29, 0.717) is 36.9 Å². The Bertz CT molecular complexity index is 756. The van der Waals surface area contributed by atoms with Crippen LogP contribution in [0.25, 0.3) is 0 Å². The van der Waals surface area contributed by atoms with Gasteiger partial charge in [-0.3, -0.25) is 4.79 Å². The summed E-state index contributed by atoms with van der Waals surface area (Å²) in [5.41, 5.74) is 1.92. The van der Waals surface area contributed by atoms with Gasteiger partial charge in [-0.2, -0.15) is 0 Å². The normalized spacial score (nSPS) is 19.5. The Balaban J connectivity index is 1.51. The molecule has 24 heavy (non-hydrogen) atoms. The van der Waals surface area contributed by atoms with Crippen LogP contribution in [0.3, 0.4) is 0 Å². The molecule has 0 saturated carbocycles. The van der Waals surface area contributed by atoms with E-state index in [2.05, 4.69) is 16.4 Å². The Morgan fingerprint density at radius 3 is 2.92 bits per heavy atom. The average molecular weight is 346 g/mol. The number of thiophene rings is 1. The first-order valence-corrected chi connectivity index (χ1v) is 9.47. The average Bonchev–Trinajstić information content (AvgIpc) is 3.22. The summed E-state index contributed by atoms with van der Waals surface area (Å²) in [5.74, 6) is 0.976.